The van der Waals surface area contributed by atoms with Crippen LogP contribution in [0.4, 0.5) is 0 Å². The molecule has 0 fully saturated rings. The fraction of sp³-hybridized carbons (Fsp3) is 0.979. The molecular weight excluding hydrogens is 1400 g/mol. The molecule has 0 aromatic heterocycles. The molecule has 13 heteroatoms. The Kier molecular flexibility index (Phi) is 116. The van der Waals surface area contributed by atoms with Gasteiger partial charge in [0.2, 0.25) is 0 Å². The molecule has 108 heavy (non-hydrogen) atoms. The fourth-order valence-electron chi connectivity index (χ4n) is 14.9. The molecule has 12 nitrogen and oxygen atoms in total. The van der Waals surface area contributed by atoms with Gasteiger partial charge in [-0.25, -0.2) is 0 Å². The van der Waals surface area contributed by atoms with Crippen LogP contribution in [-0.2, 0) is 37.5 Å². The van der Waals surface area contributed by atoms with E-state index in [1.807, 2.05) is 0 Å². The maximum absolute atomic E-state index is 8.36. The Morgan fingerprint density at radius 3 is 0.704 bits per heavy atom. The molecule has 0 unspecified atom stereocenters. The molecule has 1 radical (unpaired) electrons. The van der Waals surface area contributed by atoms with Gasteiger partial charge in [0.25, 0.3) is 6.47 Å². The normalized spacial score (nSPS) is 11.6. The maximum Gasteiger partial charge on any atom is 0.290 e. The number of hydrogen-bond acceptors (Lipinski definition) is 7. The molecule has 0 aliphatic rings. The summed E-state index contributed by atoms with van der Waals surface area (Å²) in [7, 11) is 23.5. The van der Waals surface area contributed by atoms with Gasteiger partial charge in [0.15, 0.2) is 0 Å². The van der Waals surface area contributed by atoms with Crippen molar-refractivity contribution >= 4 is 6.47 Å². The van der Waals surface area contributed by atoms with Crippen molar-refractivity contribution in [2.24, 2.45) is 11.5 Å². The second-order valence-electron chi connectivity index (χ2n) is 35.6. The summed E-state index contributed by atoms with van der Waals surface area (Å²) in [5.41, 5.74) is 10.8. The van der Waals surface area contributed by atoms with E-state index in [2.05, 4.69) is 125 Å². The minimum Gasteiger partial charge on any atom is -0.483 e. The van der Waals surface area contributed by atoms with Gasteiger partial charge in [0.1, 0.15) is 0 Å². The van der Waals surface area contributed by atoms with Crippen molar-refractivity contribution in [1.29, 1.82) is 0 Å². The zero-order valence-corrected chi connectivity index (χ0v) is 80.3. The first-order chi connectivity index (χ1) is 51.4. The second-order valence-corrected chi connectivity index (χ2v) is 35.6. The van der Waals surface area contributed by atoms with E-state index in [1.54, 1.807) is 0 Å². The molecule has 0 heterocycles. The molecule has 0 aliphatic carbocycles. The molecule has 0 amide bonds. The fourth-order valence-corrected chi connectivity index (χ4v) is 14.9. The Morgan fingerprint density at radius 1 is 0.296 bits per heavy atom. The zero-order valence-electron chi connectivity index (χ0n) is 77.4. The smallest absolute Gasteiger partial charge is 0.290 e. The first-order valence-corrected chi connectivity index (χ1v) is 47.8. The van der Waals surface area contributed by atoms with Crippen LogP contribution in [0.2, 0.25) is 0 Å². The van der Waals surface area contributed by atoms with Crippen LogP contribution in [0.15, 0.2) is 0 Å². The van der Waals surface area contributed by atoms with E-state index in [0.717, 1.165) is 19.5 Å². The van der Waals surface area contributed by atoms with Gasteiger partial charge in [0.05, 0.1) is 81.1 Å². The average Bonchev–Trinajstić information content (AvgIpc) is 0.899. The molecule has 0 rings (SSSR count). The monoisotopic (exact) mass is 1620 g/mol. The van der Waals surface area contributed by atoms with Crippen molar-refractivity contribution in [2.45, 2.75) is 439 Å². The molecule has 0 aliphatic heterocycles. The summed E-state index contributed by atoms with van der Waals surface area (Å²) in [6, 6.07) is 0. The van der Waals surface area contributed by atoms with Gasteiger partial charge in [0, 0.05) is 32.7 Å². The SMILES string of the molecule is CCCCCCCCCCCC[N+](C)(C)CCCCCC[N+](C)(CCCCCCCCCCCC)CCCCCC[N+](C)(C)CCCCCCCCCCCC.CN(C)CCCCCCN(C)CCCCCCN(C)C.NCCCCCCNCCCCCCN.O.O=CO.[CH2-]CCCCCCCCCCC.[Y]. The first kappa shape index (κ1) is 121. The number of nitrogens with zero attached hydrogens (tertiary/aromatic N) is 6. The molecule has 0 aromatic carbocycles. The molecular formula is C95H211N9O3Y+2. The molecule has 0 atom stereocenters. The summed E-state index contributed by atoms with van der Waals surface area (Å²) in [6.07, 6.45) is 89.9. The number of hydrogen-bond donors (Lipinski definition) is 4. The molecule has 0 bridgehead atoms. The van der Waals surface area contributed by atoms with Gasteiger partial charge in [-0.2, -0.15) is 6.42 Å². The number of quaternary nitrogens is 3. The Bertz CT molecular complexity index is 1460. The van der Waals surface area contributed by atoms with E-state index in [-0.39, 0.29) is 44.7 Å². The van der Waals surface area contributed by atoms with Crippen LogP contribution in [0.3, 0.4) is 0 Å². The summed E-state index contributed by atoms with van der Waals surface area (Å²) in [6.45, 7) is 31.6. The summed E-state index contributed by atoms with van der Waals surface area (Å²) in [5, 5.41) is 10.4. The van der Waals surface area contributed by atoms with E-state index in [1.165, 1.54) is 503 Å². The topological polar surface area (TPSA) is 143 Å². The Labute approximate surface area is 708 Å². The number of carboxylic acid groups (broad SMARTS) is 1. The van der Waals surface area contributed by atoms with Gasteiger partial charge >= 0.3 is 0 Å². The van der Waals surface area contributed by atoms with Crippen molar-refractivity contribution in [3.05, 3.63) is 6.92 Å². The van der Waals surface area contributed by atoms with Crippen LogP contribution >= 0.6 is 0 Å². The molecule has 0 aromatic rings. The third-order valence-electron chi connectivity index (χ3n) is 22.5. The Hall–Kier alpha value is 0.174. The number of unbranched alkanes of at least 4 members (excludes halogenated alkanes) is 54. The minimum atomic E-state index is -0.250. The van der Waals surface area contributed by atoms with E-state index in [0.29, 0.717) is 0 Å². The van der Waals surface area contributed by atoms with Crippen LogP contribution in [0.25, 0.3) is 0 Å². The summed E-state index contributed by atoms with van der Waals surface area (Å²) in [5.74, 6) is 0. The van der Waals surface area contributed by atoms with Gasteiger partial charge in [-0.3, -0.25) is 4.79 Å². The van der Waals surface area contributed by atoms with Gasteiger partial charge < -0.3 is 62.4 Å². The van der Waals surface area contributed by atoms with Crippen molar-refractivity contribution in [3.8, 4) is 0 Å². The summed E-state index contributed by atoms with van der Waals surface area (Å²) >= 11 is 0. The van der Waals surface area contributed by atoms with Crippen LogP contribution in [0, 0.1) is 6.92 Å². The predicted molar refractivity (Wildman–Crippen MR) is 486 cm³/mol. The van der Waals surface area contributed by atoms with E-state index >= 15 is 0 Å². The van der Waals surface area contributed by atoms with Crippen LogP contribution in [0.5, 0.6) is 0 Å². The zero-order chi connectivity index (χ0) is 79.5. The average molecular weight is 1620 g/mol. The Balaban J connectivity index is -0.000000315. The van der Waals surface area contributed by atoms with Crippen LogP contribution < -0.4 is 16.8 Å². The summed E-state index contributed by atoms with van der Waals surface area (Å²) < 4.78 is 3.81. The largest absolute Gasteiger partial charge is 0.483 e. The number of nitrogens with two attached hydrogens (primary N) is 2. The van der Waals surface area contributed by atoms with E-state index < -0.39 is 0 Å². The van der Waals surface area contributed by atoms with E-state index in [9.17, 15) is 0 Å². The predicted octanol–water partition coefficient (Wildman–Crippen LogP) is 24.9. The van der Waals surface area contributed by atoms with Crippen LogP contribution in [-0.4, -0.2) is 214 Å². The number of nitrogens with one attached hydrogen (secondary N) is 1. The second kappa shape index (κ2) is 103. The van der Waals surface area contributed by atoms with Crippen molar-refractivity contribution in [1.82, 2.24) is 20.0 Å². The molecule has 0 spiro atoms. The minimum absolute atomic E-state index is 0. The molecule has 0 saturated carbocycles. The third-order valence-corrected chi connectivity index (χ3v) is 22.5. The van der Waals surface area contributed by atoms with Crippen LogP contribution in [0.1, 0.15) is 439 Å². The van der Waals surface area contributed by atoms with Gasteiger partial charge in [-0.05, 0) is 229 Å². The number of rotatable bonds is 82. The molecule has 655 valence electrons. The molecule has 0 saturated heterocycles. The molecule has 8 N–H and O–H groups in total. The third kappa shape index (κ3) is 117. The number of carbonyl (C=O) groups is 1. The van der Waals surface area contributed by atoms with Crippen molar-refractivity contribution < 1.29 is 61.5 Å². The summed E-state index contributed by atoms with van der Waals surface area (Å²) in [4.78, 5) is 15.4. The van der Waals surface area contributed by atoms with Crippen molar-refractivity contribution in [3.63, 3.8) is 0 Å². The Morgan fingerprint density at radius 2 is 0.481 bits per heavy atom. The first-order valence-electron chi connectivity index (χ1n) is 47.8. The van der Waals surface area contributed by atoms with Crippen molar-refractivity contribution in [2.75, 3.05) is 169 Å². The standard InChI is InChI=1S/C53H114N3.C17H39N3.C12H29N3.C12H25.CH2O2.H2O.Y/c1-9-12-15-18-21-24-27-30-33-40-47-54(4,5)49-42-36-38-45-52-56(8,51-44-35-32-29-26-23-20-17-14-11-3)53-46-39-37-43-50-55(6,7)48-41-34-31-28-25-22-19-16-13-10-2;1-18(2)14-10-6-8-12-16-20(5)17-13-9-7-11-15-19(3)4;13-9-5-1-3-7-11-15-12-8-4-2-6-10-14;1-3-5-7-9-11-12-10-8-6-4-2;2-1-3;;/h9-53H2,1-8H3;6-17H2,1-5H3;15H,1-14H2;1,3-12H2,2H3;1H,(H,2,3);1H2;/q+3;;;-1;;;. The quantitative estimate of drug-likeness (QED) is 0.0204. The van der Waals surface area contributed by atoms with Gasteiger partial charge in [-0.15, -0.1) is 0 Å². The maximum atomic E-state index is 8.36. The van der Waals surface area contributed by atoms with Gasteiger partial charge in [-0.1, -0.05) is 291 Å². The van der Waals surface area contributed by atoms with E-state index in [4.69, 9.17) is 21.4 Å².